The van der Waals surface area contributed by atoms with Gasteiger partial charge in [-0.25, -0.2) is 0 Å². The predicted octanol–water partition coefficient (Wildman–Crippen LogP) is -0.0506. The number of likely N-dealkylation sites (tertiary alicyclic amines) is 1. The van der Waals surface area contributed by atoms with E-state index in [1.165, 1.54) is 12.8 Å². The lowest BCUT2D eigenvalue weighted by molar-refractivity contribution is -0.0581. The second-order valence-corrected chi connectivity index (χ2v) is 5.04. The monoisotopic (exact) mass is 214 g/mol. The van der Waals surface area contributed by atoms with E-state index in [4.69, 9.17) is 10.5 Å². The molecule has 1 saturated carbocycles. The van der Waals surface area contributed by atoms with Gasteiger partial charge in [0.1, 0.15) is 0 Å². The summed E-state index contributed by atoms with van der Waals surface area (Å²) in [4.78, 5) is 2.17. The second kappa shape index (κ2) is 4.37. The number of ether oxygens (including phenoxy) is 1. The van der Waals surface area contributed by atoms with Crippen LogP contribution in [0.2, 0.25) is 0 Å². The topological polar surface area (TPSA) is 58.7 Å². The Hall–Kier alpha value is -0.160. The zero-order chi connectivity index (χ0) is 10.9. The minimum atomic E-state index is -0.707. The molecule has 0 amide bonds. The number of nitrogens with two attached hydrogens (primary N) is 1. The Balaban J connectivity index is 1.76. The minimum Gasteiger partial charge on any atom is -0.388 e. The molecule has 2 unspecified atom stereocenters. The number of rotatable bonds is 4. The van der Waals surface area contributed by atoms with Gasteiger partial charge in [0.15, 0.2) is 0 Å². The van der Waals surface area contributed by atoms with Crippen molar-refractivity contribution in [1.29, 1.82) is 0 Å². The average Bonchev–Trinajstić information content (AvgIpc) is 2.97. The van der Waals surface area contributed by atoms with E-state index in [-0.39, 0.29) is 6.04 Å². The first-order valence-corrected chi connectivity index (χ1v) is 5.88. The zero-order valence-electron chi connectivity index (χ0n) is 9.48. The molecule has 1 heterocycles. The highest BCUT2D eigenvalue weighted by Crippen LogP contribution is 2.27. The third-order valence-corrected chi connectivity index (χ3v) is 3.54. The van der Waals surface area contributed by atoms with E-state index in [1.54, 1.807) is 0 Å². The summed E-state index contributed by atoms with van der Waals surface area (Å²) in [5, 5.41) is 10.4. The molecule has 1 aliphatic heterocycles. The summed E-state index contributed by atoms with van der Waals surface area (Å²) < 4.78 is 5.57. The van der Waals surface area contributed by atoms with E-state index in [0.29, 0.717) is 19.1 Å². The molecule has 2 rings (SSSR count). The lowest BCUT2D eigenvalue weighted by Crippen LogP contribution is -2.59. The van der Waals surface area contributed by atoms with E-state index in [9.17, 15) is 5.11 Å². The van der Waals surface area contributed by atoms with Gasteiger partial charge in [0, 0.05) is 32.2 Å². The van der Waals surface area contributed by atoms with Crippen LogP contribution >= 0.6 is 0 Å². The summed E-state index contributed by atoms with van der Waals surface area (Å²) in [6.07, 6.45) is 4.29. The molecule has 0 radical (unpaired) electrons. The molecular formula is C11H22N2O2. The highest BCUT2D eigenvalue weighted by molar-refractivity contribution is 4.95. The number of aliphatic hydroxyl groups is 1. The van der Waals surface area contributed by atoms with Gasteiger partial charge in [0.05, 0.1) is 11.7 Å². The molecule has 0 aromatic rings. The Bertz CT molecular complexity index is 221. The molecule has 0 bridgehead atoms. The van der Waals surface area contributed by atoms with E-state index < -0.39 is 5.60 Å². The van der Waals surface area contributed by atoms with E-state index in [0.717, 1.165) is 19.5 Å². The number of piperidine rings is 1. The fourth-order valence-electron chi connectivity index (χ4n) is 2.11. The maximum atomic E-state index is 10.4. The fourth-order valence-corrected chi connectivity index (χ4v) is 2.11. The summed E-state index contributed by atoms with van der Waals surface area (Å²) in [5.41, 5.74) is 5.28. The van der Waals surface area contributed by atoms with Crippen molar-refractivity contribution in [3.05, 3.63) is 0 Å². The van der Waals surface area contributed by atoms with E-state index >= 15 is 0 Å². The molecule has 0 aromatic heterocycles. The van der Waals surface area contributed by atoms with Gasteiger partial charge in [-0.05, 0) is 26.3 Å². The molecule has 2 fully saturated rings. The van der Waals surface area contributed by atoms with Crippen molar-refractivity contribution in [2.75, 3.05) is 26.7 Å². The fraction of sp³-hybridized carbons (Fsp3) is 1.00. The first-order valence-electron chi connectivity index (χ1n) is 5.88. The Morgan fingerprint density at radius 2 is 2.27 bits per heavy atom. The van der Waals surface area contributed by atoms with Gasteiger partial charge in [0.25, 0.3) is 0 Å². The van der Waals surface area contributed by atoms with Crippen molar-refractivity contribution in [3.63, 3.8) is 0 Å². The number of hydrogen-bond acceptors (Lipinski definition) is 4. The molecule has 4 heteroatoms. The average molecular weight is 214 g/mol. The van der Waals surface area contributed by atoms with Crippen molar-refractivity contribution in [1.82, 2.24) is 4.90 Å². The van der Waals surface area contributed by atoms with Crippen LogP contribution in [0.25, 0.3) is 0 Å². The van der Waals surface area contributed by atoms with Gasteiger partial charge in [-0.2, -0.15) is 0 Å². The summed E-state index contributed by atoms with van der Waals surface area (Å²) in [6.45, 7) is 2.35. The second-order valence-electron chi connectivity index (χ2n) is 5.04. The Morgan fingerprint density at radius 3 is 2.87 bits per heavy atom. The predicted molar refractivity (Wildman–Crippen MR) is 58.6 cm³/mol. The molecule has 2 aliphatic rings. The van der Waals surface area contributed by atoms with Crippen LogP contribution in [-0.4, -0.2) is 54.5 Å². The first kappa shape index (κ1) is 11.3. The summed E-state index contributed by atoms with van der Waals surface area (Å²) in [5.74, 6) is 0. The van der Waals surface area contributed by atoms with Crippen LogP contribution in [0.5, 0.6) is 0 Å². The molecular weight excluding hydrogens is 192 g/mol. The Kier molecular flexibility index (Phi) is 3.30. The Morgan fingerprint density at radius 1 is 1.53 bits per heavy atom. The molecule has 88 valence electrons. The normalized spacial score (nSPS) is 38.2. The molecule has 2 atom stereocenters. The van der Waals surface area contributed by atoms with Gasteiger partial charge in [-0.15, -0.1) is 0 Å². The van der Waals surface area contributed by atoms with E-state index in [2.05, 4.69) is 4.90 Å². The van der Waals surface area contributed by atoms with Crippen LogP contribution in [0.15, 0.2) is 0 Å². The van der Waals surface area contributed by atoms with Gasteiger partial charge < -0.3 is 20.5 Å². The van der Waals surface area contributed by atoms with Crippen molar-refractivity contribution in [3.8, 4) is 0 Å². The molecule has 0 aromatic carbocycles. The van der Waals surface area contributed by atoms with Crippen LogP contribution in [0.4, 0.5) is 0 Å². The number of hydrogen-bond donors (Lipinski definition) is 2. The van der Waals surface area contributed by atoms with Gasteiger partial charge in [-0.1, -0.05) is 0 Å². The third-order valence-electron chi connectivity index (χ3n) is 3.54. The lowest BCUT2D eigenvalue weighted by atomic mass is 9.84. The largest absolute Gasteiger partial charge is 0.388 e. The molecule has 15 heavy (non-hydrogen) atoms. The quantitative estimate of drug-likeness (QED) is 0.689. The summed E-state index contributed by atoms with van der Waals surface area (Å²) in [7, 11) is 2.04. The SMILES string of the molecule is CN1CCC(O)(CCOC2CC2)C(N)C1. The van der Waals surface area contributed by atoms with Crippen LogP contribution in [0.3, 0.4) is 0 Å². The zero-order valence-corrected chi connectivity index (χ0v) is 9.48. The molecule has 0 spiro atoms. The highest BCUT2D eigenvalue weighted by atomic mass is 16.5. The summed E-state index contributed by atoms with van der Waals surface area (Å²) >= 11 is 0. The standard InChI is InChI=1S/C11H22N2O2/c1-13-6-4-11(14,10(12)8-13)5-7-15-9-2-3-9/h9-10,14H,2-8,12H2,1H3. The lowest BCUT2D eigenvalue weighted by Gasteiger charge is -2.41. The van der Waals surface area contributed by atoms with Crippen LogP contribution in [-0.2, 0) is 4.74 Å². The van der Waals surface area contributed by atoms with Gasteiger partial charge >= 0.3 is 0 Å². The van der Waals surface area contributed by atoms with Crippen molar-refractivity contribution in [2.24, 2.45) is 5.73 Å². The maximum absolute atomic E-state index is 10.4. The number of nitrogens with zero attached hydrogens (tertiary/aromatic N) is 1. The van der Waals surface area contributed by atoms with Crippen LogP contribution in [0.1, 0.15) is 25.7 Å². The molecule has 1 aliphatic carbocycles. The van der Waals surface area contributed by atoms with Crippen molar-refractivity contribution >= 4 is 0 Å². The Labute approximate surface area is 91.4 Å². The molecule has 4 nitrogen and oxygen atoms in total. The minimum absolute atomic E-state index is 0.140. The van der Waals surface area contributed by atoms with Crippen molar-refractivity contribution in [2.45, 2.75) is 43.4 Å². The maximum Gasteiger partial charge on any atom is 0.0844 e. The van der Waals surface area contributed by atoms with Gasteiger partial charge in [-0.3, -0.25) is 0 Å². The third kappa shape index (κ3) is 2.91. The van der Waals surface area contributed by atoms with Crippen LogP contribution < -0.4 is 5.73 Å². The van der Waals surface area contributed by atoms with Crippen LogP contribution in [0, 0.1) is 0 Å². The molecule has 3 N–H and O–H groups in total. The summed E-state index contributed by atoms with van der Waals surface area (Å²) in [6, 6.07) is -0.140. The highest BCUT2D eigenvalue weighted by Gasteiger charge is 2.38. The number of likely N-dealkylation sites (N-methyl/N-ethyl adjacent to an activating group) is 1. The smallest absolute Gasteiger partial charge is 0.0844 e. The van der Waals surface area contributed by atoms with Gasteiger partial charge in [0.2, 0.25) is 0 Å². The van der Waals surface area contributed by atoms with E-state index in [1.807, 2.05) is 7.05 Å². The molecule has 1 saturated heterocycles. The van der Waals surface area contributed by atoms with Crippen molar-refractivity contribution < 1.29 is 9.84 Å². The first-order chi connectivity index (χ1) is 7.10.